The average molecular weight is 268 g/mol. The van der Waals surface area contributed by atoms with E-state index in [1.165, 1.54) is 5.01 Å². The Balaban J connectivity index is 1.95. The topological polar surface area (TPSA) is 53.4 Å². The molecule has 18 heavy (non-hydrogen) atoms. The first kappa shape index (κ1) is 13.5. The minimum Gasteiger partial charge on any atom is -0.481 e. The molecule has 1 unspecified atom stereocenters. The van der Waals surface area contributed by atoms with E-state index in [0.717, 1.165) is 31.6 Å². The third-order valence-electron chi connectivity index (χ3n) is 3.57. The molecule has 0 aromatic carbocycles. The Labute approximate surface area is 112 Å². The van der Waals surface area contributed by atoms with Crippen LogP contribution in [0, 0.1) is 5.92 Å². The van der Waals surface area contributed by atoms with Crippen molar-refractivity contribution in [1.29, 1.82) is 0 Å². The standard InChI is InChI=1S/C13H20N2O2S/c1-9(13(16)17)7-11-8-18-12(14-11)10-3-5-15(2)6-4-10/h8-10H,3-7H2,1-2H3,(H,16,17). The van der Waals surface area contributed by atoms with Gasteiger partial charge in [-0.3, -0.25) is 4.79 Å². The van der Waals surface area contributed by atoms with E-state index in [1.54, 1.807) is 18.3 Å². The fourth-order valence-corrected chi connectivity index (χ4v) is 3.26. The van der Waals surface area contributed by atoms with Crippen molar-refractivity contribution in [2.24, 2.45) is 5.92 Å². The molecule has 0 radical (unpaired) electrons. The molecule has 1 aliphatic heterocycles. The lowest BCUT2D eigenvalue weighted by atomic mass is 9.98. The van der Waals surface area contributed by atoms with Crippen molar-refractivity contribution in [3.05, 3.63) is 16.1 Å². The van der Waals surface area contributed by atoms with Gasteiger partial charge < -0.3 is 10.0 Å². The van der Waals surface area contributed by atoms with Crippen molar-refractivity contribution >= 4 is 17.3 Å². The van der Waals surface area contributed by atoms with Gasteiger partial charge in [-0.1, -0.05) is 6.92 Å². The second kappa shape index (κ2) is 5.80. The first-order valence-corrected chi connectivity index (χ1v) is 7.30. The third kappa shape index (κ3) is 3.29. The number of carbonyl (C=O) groups is 1. The van der Waals surface area contributed by atoms with Crippen LogP contribution in [0.4, 0.5) is 0 Å². The summed E-state index contributed by atoms with van der Waals surface area (Å²) in [7, 11) is 2.15. The number of piperidine rings is 1. The molecule has 2 rings (SSSR count). The van der Waals surface area contributed by atoms with E-state index in [0.29, 0.717) is 12.3 Å². The van der Waals surface area contributed by atoms with E-state index in [-0.39, 0.29) is 5.92 Å². The number of hydrogen-bond donors (Lipinski definition) is 1. The quantitative estimate of drug-likeness (QED) is 0.909. The van der Waals surface area contributed by atoms with Gasteiger partial charge in [0.15, 0.2) is 0 Å². The molecule has 5 heteroatoms. The van der Waals surface area contributed by atoms with Crippen molar-refractivity contribution in [3.63, 3.8) is 0 Å². The summed E-state index contributed by atoms with van der Waals surface area (Å²) >= 11 is 1.69. The molecule has 4 nitrogen and oxygen atoms in total. The number of thiazole rings is 1. The summed E-state index contributed by atoms with van der Waals surface area (Å²) in [4.78, 5) is 17.8. The van der Waals surface area contributed by atoms with E-state index >= 15 is 0 Å². The van der Waals surface area contributed by atoms with Gasteiger partial charge in [0.2, 0.25) is 0 Å². The molecule has 0 amide bonds. The van der Waals surface area contributed by atoms with E-state index in [1.807, 2.05) is 5.38 Å². The summed E-state index contributed by atoms with van der Waals surface area (Å²) < 4.78 is 0. The fraction of sp³-hybridized carbons (Fsp3) is 0.692. The Bertz CT molecular complexity index is 411. The van der Waals surface area contributed by atoms with Crippen LogP contribution >= 0.6 is 11.3 Å². The Morgan fingerprint density at radius 1 is 1.61 bits per heavy atom. The summed E-state index contributed by atoms with van der Waals surface area (Å²) in [6.07, 6.45) is 2.87. The molecular formula is C13H20N2O2S. The molecule has 1 atom stereocenters. The predicted octanol–water partition coefficient (Wildman–Crippen LogP) is 2.22. The van der Waals surface area contributed by atoms with E-state index in [4.69, 9.17) is 5.11 Å². The minimum absolute atomic E-state index is 0.350. The van der Waals surface area contributed by atoms with Crippen LogP contribution in [0.5, 0.6) is 0 Å². The SMILES string of the molecule is CC(Cc1csc(C2CCN(C)CC2)n1)C(=O)O. The monoisotopic (exact) mass is 268 g/mol. The number of aliphatic carboxylic acids is 1. The number of aromatic nitrogens is 1. The summed E-state index contributed by atoms with van der Waals surface area (Å²) in [6, 6.07) is 0. The van der Waals surface area contributed by atoms with Crippen LogP contribution in [-0.2, 0) is 11.2 Å². The van der Waals surface area contributed by atoms with Crippen LogP contribution in [-0.4, -0.2) is 41.1 Å². The molecule has 2 heterocycles. The van der Waals surface area contributed by atoms with Gasteiger partial charge in [-0.2, -0.15) is 0 Å². The highest BCUT2D eigenvalue weighted by Crippen LogP contribution is 2.30. The van der Waals surface area contributed by atoms with Crippen molar-refractivity contribution in [1.82, 2.24) is 9.88 Å². The molecule has 100 valence electrons. The van der Waals surface area contributed by atoms with Crippen molar-refractivity contribution in [2.75, 3.05) is 20.1 Å². The Morgan fingerprint density at radius 2 is 2.28 bits per heavy atom. The molecule has 0 aliphatic carbocycles. The van der Waals surface area contributed by atoms with Gasteiger partial charge in [0.1, 0.15) is 0 Å². The van der Waals surface area contributed by atoms with Crippen LogP contribution in [0.15, 0.2) is 5.38 Å². The molecule has 1 saturated heterocycles. The lowest BCUT2D eigenvalue weighted by molar-refractivity contribution is -0.141. The Kier molecular flexibility index (Phi) is 4.35. The zero-order chi connectivity index (χ0) is 13.1. The highest BCUT2D eigenvalue weighted by Gasteiger charge is 2.22. The number of nitrogens with zero attached hydrogens (tertiary/aromatic N) is 2. The Hall–Kier alpha value is -0.940. The van der Waals surface area contributed by atoms with E-state index in [9.17, 15) is 4.79 Å². The second-order valence-corrected chi connectivity index (χ2v) is 6.09. The highest BCUT2D eigenvalue weighted by molar-refractivity contribution is 7.09. The maximum atomic E-state index is 10.8. The average Bonchev–Trinajstić information content (AvgIpc) is 2.78. The normalized spacial score (nSPS) is 19.9. The van der Waals surface area contributed by atoms with Crippen LogP contribution in [0.1, 0.15) is 36.4 Å². The molecule has 0 saturated carbocycles. The number of likely N-dealkylation sites (tertiary alicyclic amines) is 1. The van der Waals surface area contributed by atoms with Gasteiger partial charge in [-0.15, -0.1) is 11.3 Å². The largest absolute Gasteiger partial charge is 0.481 e. The summed E-state index contributed by atoms with van der Waals surface area (Å²) in [6.45, 7) is 3.99. The second-order valence-electron chi connectivity index (χ2n) is 5.20. The highest BCUT2D eigenvalue weighted by atomic mass is 32.1. The zero-order valence-corrected chi connectivity index (χ0v) is 11.7. The maximum Gasteiger partial charge on any atom is 0.306 e. The summed E-state index contributed by atoms with van der Waals surface area (Å²) in [5, 5.41) is 12.1. The van der Waals surface area contributed by atoms with Gasteiger partial charge in [0.05, 0.1) is 16.6 Å². The van der Waals surface area contributed by atoms with E-state index in [2.05, 4.69) is 16.9 Å². The molecule has 1 aromatic rings. The number of rotatable bonds is 4. The Morgan fingerprint density at radius 3 is 2.89 bits per heavy atom. The van der Waals surface area contributed by atoms with E-state index < -0.39 is 5.97 Å². The smallest absolute Gasteiger partial charge is 0.306 e. The maximum absolute atomic E-state index is 10.8. The van der Waals surface area contributed by atoms with Crippen LogP contribution in [0.2, 0.25) is 0 Å². The molecule has 1 N–H and O–H groups in total. The van der Waals surface area contributed by atoms with Crippen molar-refractivity contribution < 1.29 is 9.90 Å². The first-order chi connectivity index (χ1) is 8.56. The molecule has 1 fully saturated rings. The summed E-state index contributed by atoms with van der Waals surface area (Å²) in [5.74, 6) is -0.527. The van der Waals surface area contributed by atoms with Crippen LogP contribution < -0.4 is 0 Å². The number of carboxylic acids is 1. The molecule has 1 aromatic heterocycles. The zero-order valence-electron chi connectivity index (χ0n) is 10.9. The fourth-order valence-electron chi connectivity index (χ4n) is 2.26. The molecule has 0 spiro atoms. The van der Waals surface area contributed by atoms with Crippen molar-refractivity contribution in [2.45, 2.75) is 32.1 Å². The molecule has 1 aliphatic rings. The number of hydrogen-bond acceptors (Lipinski definition) is 4. The third-order valence-corrected chi connectivity index (χ3v) is 4.63. The lowest BCUT2D eigenvalue weighted by Crippen LogP contribution is -2.29. The van der Waals surface area contributed by atoms with Gasteiger partial charge in [0, 0.05) is 17.7 Å². The summed E-state index contributed by atoms with van der Waals surface area (Å²) in [5.41, 5.74) is 0.934. The van der Waals surface area contributed by atoms with Crippen LogP contribution in [0.25, 0.3) is 0 Å². The molecular weight excluding hydrogens is 248 g/mol. The van der Waals surface area contributed by atoms with Crippen molar-refractivity contribution in [3.8, 4) is 0 Å². The number of carboxylic acid groups (broad SMARTS) is 1. The predicted molar refractivity (Wildman–Crippen MR) is 72.1 cm³/mol. The van der Waals surface area contributed by atoms with Crippen LogP contribution in [0.3, 0.4) is 0 Å². The van der Waals surface area contributed by atoms with Gasteiger partial charge in [-0.25, -0.2) is 4.98 Å². The van der Waals surface area contributed by atoms with Gasteiger partial charge >= 0.3 is 5.97 Å². The minimum atomic E-state index is -0.746. The first-order valence-electron chi connectivity index (χ1n) is 6.42. The van der Waals surface area contributed by atoms with Gasteiger partial charge in [0.25, 0.3) is 0 Å². The molecule has 0 bridgehead atoms. The lowest BCUT2D eigenvalue weighted by Gasteiger charge is -2.27. The van der Waals surface area contributed by atoms with Gasteiger partial charge in [-0.05, 0) is 33.0 Å².